The second-order valence-corrected chi connectivity index (χ2v) is 10.3. The number of methoxy groups -OCH3 is 2. The first-order valence-corrected chi connectivity index (χ1v) is 14.2. The summed E-state index contributed by atoms with van der Waals surface area (Å²) in [6.45, 7) is 3.55. The lowest BCUT2D eigenvalue weighted by molar-refractivity contribution is -0.165. The summed E-state index contributed by atoms with van der Waals surface area (Å²) in [5, 5.41) is 46.8. The number of piperidine rings is 1. The lowest BCUT2D eigenvalue weighted by atomic mass is 9.89. The summed E-state index contributed by atoms with van der Waals surface area (Å²) >= 11 is 0. The Kier molecular flexibility index (Phi) is 13.0. The van der Waals surface area contributed by atoms with Crippen LogP contribution in [0.4, 0.5) is 0 Å². The molecule has 2 aromatic carbocycles. The first-order chi connectivity index (χ1) is 21.5. The van der Waals surface area contributed by atoms with Crippen molar-refractivity contribution in [2.75, 3.05) is 40.4 Å². The highest BCUT2D eigenvalue weighted by Crippen LogP contribution is 2.37. The molecule has 3 aromatic rings. The zero-order valence-electron chi connectivity index (χ0n) is 25.1. The first kappa shape index (κ1) is 34.6. The number of aliphatic hydroxyl groups excluding tert-OH is 2. The minimum absolute atomic E-state index is 0.0377. The van der Waals surface area contributed by atoms with Crippen LogP contribution in [-0.2, 0) is 14.4 Å². The van der Waals surface area contributed by atoms with E-state index in [1.165, 1.54) is 36.8 Å². The van der Waals surface area contributed by atoms with Crippen LogP contribution in [0.3, 0.4) is 0 Å². The highest BCUT2D eigenvalue weighted by Gasteiger charge is 2.29. The van der Waals surface area contributed by atoms with Gasteiger partial charge >= 0.3 is 11.9 Å². The number of benzene rings is 2. The Morgan fingerprint density at radius 3 is 2.18 bits per heavy atom. The van der Waals surface area contributed by atoms with Gasteiger partial charge in [-0.05, 0) is 61.2 Å². The summed E-state index contributed by atoms with van der Waals surface area (Å²) in [4.78, 5) is 37.5. The maximum atomic E-state index is 12.1. The van der Waals surface area contributed by atoms with Crippen LogP contribution in [0.5, 0.6) is 17.2 Å². The van der Waals surface area contributed by atoms with Gasteiger partial charge in [-0.2, -0.15) is 0 Å². The molecular formula is C32H39N3O10. The van der Waals surface area contributed by atoms with Gasteiger partial charge in [0.2, 0.25) is 11.7 Å². The summed E-state index contributed by atoms with van der Waals surface area (Å²) in [6.07, 6.45) is 6.67. The van der Waals surface area contributed by atoms with Gasteiger partial charge < -0.3 is 50.2 Å². The molecule has 0 spiro atoms. The van der Waals surface area contributed by atoms with Crippen LogP contribution < -0.4 is 14.8 Å². The number of ether oxygens (including phenoxy) is 2. The minimum atomic E-state index is -2.27. The SMILES string of the molecule is COc1cc(/C=C/C=C/C(=O)NCCN2CCC(c3c[nH]c4ccccc34)CC2)cc(OC)c1O.O=C(O)C(O)C(O)C(=O)O. The molecule has 1 saturated heterocycles. The van der Waals surface area contributed by atoms with Gasteiger partial charge in [0.25, 0.3) is 0 Å². The topological polar surface area (TPSA) is 202 Å². The minimum Gasteiger partial charge on any atom is -0.502 e. The van der Waals surface area contributed by atoms with E-state index in [1.54, 1.807) is 24.3 Å². The summed E-state index contributed by atoms with van der Waals surface area (Å²) in [5.74, 6) is -2.45. The normalized spacial score (nSPS) is 15.4. The molecule has 13 heteroatoms. The number of hydrogen-bond acceptors (Lipinski definition) is 9. The summed E-state index contributed by atoms with van der Waals surface area (Å²) in [7, 11) is 2.97. The number of aliphatic carboxylic acids is 2. The number of para-hydroxylation sites is 1. The zero-order chi connectivity index (χ0) is 32.9. The van der Waals surface area contributed by atoms with Crippen LogP contribution in [0, 0.1) is 0 Å². The Balaban J connectivity index is 0.000000477. The van der Waals surface area contributed by atoms with Crippen LogP contribution >= 0.6 is 0 Å². The molecule has 2 atom stereocenters. The predicted octanol–water partition coefficient (Wildman–Crippen LogP) is 2.33. The number of carbonyl (C=O) groups is 3. The number of nitrogens with one attached hydrogen (secondary N) is 2. The fourth-order valence-electron chi connectivity index (χ4n) is 4.89. The molecule has 7 N–H and O–H groups in total. The number of aliphatic hydroxyl groups is 2. The molecule has 2 heterocycles. The molecule has 0 saturated carbocycles. The number of carboxylic acids is 2. The molecule has 1 aliphatic heterocycles. The highest BCUT2D eigenvalue weighted by molar-refractivity contribution is 5.88. The van der Waals surface area contributed by atoms with Gasteiger partial charge in [0.05, 0.1) is 14.2 Å². The standard InChI is InChI=1S/C28H33N3O4.C4H6O6/c1-34-25-17-20(18-26(35-2)28(25)33)7-3-6-10-27(32)29-13-16-31-14-11-21(12-15-31)23-19-30-24-9-5-4-8-22(23)24;5-1(3(7)8)2(6)4(9)10/h3-10,17-19,21,30,33H,11-16H2,1-2H3,(H,29,32);1-2,5-6H,(H,7,8)(H,9,10)/b7-3+,10-6+;. The maximum Gasteiger partial charge on any atom is 0.335 e. The smallest absolute Gasteiger partial charge is 0.335 e. The average Bonchev–Trinajstić information content (AvgIpc) is 3.47. The van der Waals surface area contributed by atoms with E-state index >= 15 is 0 Å². The van der Waals surface area contributed by atoms with Crippen molar-refractivity contribution in [1.29, 1.82) is 0 Å². The Hall–Kier alpha value is -4.85. The monoisotopic (exact) mass is 625 g/mol. The summed E-state index contributed by atoms with van der Waals surface area (Å²) in [6, 6.07) is 11.9. The number of allylic oxidation sites excluding steroid dienone is 2. The Morgan fingerprint density at radius 2 is 1.60 bits per heavy atom. The molecular weight excluding hydrogens is 586 g/mol. The van der Waals surface area contributed by atoms with Gasteiger partial charge in [-0.1, -0.05) is 36.4 Å². The van der Waals surface area contributed by atoms with Gasteiger partial charge in [-0.15, -0.1) is 0 Å². The number of aromatic amines is 1. The molecule has 13 nitrogen and oxygen atoms in total. The lowest BCUT2D eigenvalue weighted by Crippen LogP contribution is -2.39. The third-order valence-electron chi connectivity index (χ3n) is 7.33. The molecule has 2 unspecified atom stereocenters. The number of phenolic OH excluding ortho intramolecular Hbond substituents is 1. The Morgan fingerprint density at radius 1 is 1.00 bits per heavy atom. The predicted molar refractivity (Wildman–Crippen MR) is 166 cm³/mol. The van der Waals surface area contributed by atoms with E-state index in [-0.39, 0.29) is 11.7 Å². The van der Waals surface area contributed by atoms with E-state index in [4.69, 9.17) is 29.9 Å². The van der Waals surface area contributed by atoms with E-state index in [1.807, 2.05) is 6.08 Å². The van der Waals surface area contributed by atoms with Crippen LogP contribution in [-0.4, -0.2) is 106 Å². The lowest BCUT2D eigenvalue weighted by Gasteiger charge is -2.31. The van der Waals surface area contributed by atoms with E-state index < -0.39 is 24.1 Å². The van der Waals surface area contributed by atoms with Crippen molar-refractivity contribution in [1.82, 2.24) is 15.2 Å². The van der Waals surface area contributed by atoms with Gasteiger partial charge in [-0.25, -0.2) is 9.59 Å². The number of phenols is 1. The molecule has 1 fully saturated rings. The average molecular weight is 626 g/mol. The fourth-order valence-corrected chi connectivity index (χ4v) is 4.89. The number of amides is 1. The number of carboxylic acid groups (broad SMARTS) is 2. The van der Waals surface area contributed by atoms with E-state index in [2.05, 4.69) is 45.7 Å². The quantitative estimate of drug-likeness (QED) is 0.115. The molecule has 1 amide bonds. The number of hydrogen-bond donors (Lipinski definition) is 7. The molecule has 242 valence electrons. The Labute approximate surface area is 260 Å². The van der Waals surface area contributed by atoms with Crippen molar-refractivity contribution in [3.05, 3.63) is 72.0 Å². The van der Waals surface area contributed by atoms with Gasteiger partial charge in [0.1, 0.15) is 0 Å². The van der Waals surface area contributed by atoms with Crippen LogP contribution in [0.2, 0.25) is 0 Å². The van der Waals surface area contributed by atoms with Crippen molar-refractivity contribution >= 4 is 34.8 Å². The first-order valence-electron chi connectivity index (χ1n) is 14.2. The zero-order valence-corrected chi connectivity index (χ0v) is 25.1. The molecule has 1 aromatic heterocycles. The number of nitrogens with zero attached hydrogens (tertiary/aromatic N) is 1. The molecule has 0 bridgehead atoms. The van der Waals surface area contributed by atoms with Crippen LogP contribution in [0.1, 0.15) is 29.9 Å². The van der Waals surface area contributed by atoms with Gasteiger partial charge in [0, 0.05) is 36.3 Å². The highest BCUT2D eigenvalue weighted by atomic mass is 16.5. The number of fused-ring (bicyclic) bond motifs is 1. The maximum absolute atomic E-state index is 12.1. The second kappa shape index (κ2) is 16.9. The molecule has 45 heavy (non-hydrogen) atoms. The summed E-state index contributed by atoms with van der Waals surface area (Å²) < 4.78 is 10.3. The van der Waals surface area contributed by atoms with Crippen molar-refractivity contribution in [3.8, 4) is 17.2 Å². The van der Waals surface area contributed by atoms with Gasteiger partial charge in [0.15, 0.2) is 23.7 Å². The second-order valence-electron chi connectivity index (χ2n) is 10.3. The largest absolute Gasteiger partial charge is 0.502 e. The van der Waals surface area contributed by atoms with Crippen molar-refractivity contribution in [3.63, 3.8) is 0 Å². The van der Waals surface area contributed by atoms with Crippen molar-refractivity contribution in [2.45, 2.75) is 31.0 Å². The van der Waals surface area contributed by atoms with Crippen molar-refractivity contribution in [2.24, 2.45) is 0 Å². The molecule has 1 aliphatic rings. The number of likely N-dealkylation sites (tertiary alicyclic amines) is 1. The van der Waals surface area contributed by atoms with E-state index in [9.17, 15) is 19.5 Å². The summed E-state index contributed by atoms with van der Waals surface area (Å²) in [5.41, 5.74) is 3.42. The molecule has 0 aliphatic carbocycles. The third-order valence-corrected chi connectivity index (χ3v) is 7.33. The third kappa shape index (κ3) is 9.83. The number of carbonyl (C=O) groups excluding carboxylic acids is 1. The van der Waals surface area contributed by atoms with Crippen LogP contribution in [0.15, 0.2) is 60.8 Å². The number of aromatic hydroxyl groups is 1. The molecule has 4 rings (SSSR count). The number of aromatic nitrogens is 1. The van der Waals surface area contributed by atoms with Crippen molar-refractivity contribution < 1.29 is 49.4 Å². The van der Waals surface area contributed by atoms with Gasteiger partial charge in [-0.3, -0.25) is 4.79 Å². The van der Waals surface area contributed by atoms with Crippen LogP contribution in [0.25, 0.3) is 17.0 Å². The van der Waals surface area contributed by atoms with E-state index in [0.29, 0.717) is 24.0 Å². The Bertz CT molecular complexity index is 1460. The molecule has 0 radical (unpaired) electrons. The fraction of sp³-hybridized carbons (Fsp3) is 0.344. The number of rotatable bonds is 12. The van der Waals surface area contributed by atoms with E-state index in [0.717, 1.165) is 38.0 Å². The number of H-pyrrole nitrogens is 1.